The molecule has 1 aromatic rings. The highest BCUT2D eigenvalue weighted by Gasteiger charge is 2.21. The van der Waals surface area contributed by atoms with Gasteiger partial charge in [-0.2, -0.15) is 5.26 Å². The average Bonchev–Trinajstić information content (AvgIpc) is 2.43. The molecule has 0 saturated carbocycles. The van der Waals surface area contributed by atoms with Gasteiger partial charge in [-0.3, -0.25) is 9.80 Å². The van der Waals surface area contributed by atoms with Crippen LogP contribution in [0.25, 0.3) is 0 Å². The summed E-state index contributed by atoms with van der Waals surface area (Å²) in [5.74, 6) is -0.254. The number of nitriles is 1. The van der Waals surface area contributed by atoms with Gasteiger partial charge in [-0.25, -0.2) is 4.39 Å². The minimum absolute atomic E-state index is 0.0418. The first-order chi connectivity index (χ1) is 9.10. The van der Waals surface area contributed by atoms with E-state index in [1.807, 2.05) is 6.92 Å². The van der Waals surface area contributed by atoms with Gasteiger partial charge >= 0.3 is 0 Å². The molecule has 0 radical (unpaired) electrons. The lowest BCUT2D eigenvalue weighted by atomic mass is 10.1. The third-order valence-electron chi connectivity index (χ3n) is 3.54. The zero-order chi connectivity index (χ0) is 13.8. The molecule has 0 bridgehead atoms. The predicted octanol–water partition coefficient (Wildman–Crippen LogP) is 2.51. The molecular weight excluding hydrogens is 265 g/mol. The first-order valence-electron chi connectivity index (χ1n) is 6.40. The molecule has 2 rings (SSSR count). The molecule has 1 heterocycles. The lowest BCUT2D eigenvalue weighted by Gasteiger charge is -2.36. The van der Waals surface area contributed by atoms with Crippen molar-refractivity contribution >= 4 is 11.6 Å². The van der Waals surface area contributed by atoms with Crippen molar-refractivity contribution in [2.45, 2.75) is 19.5 Å². The van der Waals surface area contributed by atoms with Crippen molar-refractivity contribution in [3.63, 3.8) is 0 Å². The fourth-order valence-corrected chi connectivity index (χ4v) is 2.47. The molecular formula is C14H17ClFN3. The average molecular weight is 282 g/mol. The summed E-state index contributed by atoms with van der Waals surface area (Å²) in [6, 6.07) is 6.67. The number of nitrogens with zero attached hydrogens (tertiary/aromatic N) is 3. The van der Waals surface area contributed by atoms with Crippen LogP contribution in [0.4, 0.5) is 4.39 Å². The number of rotatable bonds is 3. The lowest BCUT2D eigenvalue weighted by molar-refractivity contribution is 0.114. The molecule has 5 heteroatoms. The predicted molar refractivity (Wildman–Crippen MR) is 73.3 cm³/mol. The molecule has 0 amide bonds. The molecule has 0 aliphatic carbocycles. The minimum Gasteiger partial charge on any atom is -0.296 e. The van der Waals surface area contributed by atoms with Gasteiger partial charge in [0.15, 0.2) is 0 Å². The number of piperazine rings is 1. The van der Waals surface area contributed by atoms with Gasteiger partial charge in [-0.15, -0.1) is 0 Å². The van der Waals surface area contributed by atoms with Crippen molar-refractivity contribution in [1.29, 1.82) is 5.26 Å². The second kappa shape index (κ2) is 6.33. The maximum absolute atomic E-state index is 13.2. The Bertz CT molecular complexity index is 478. The maximum atomic E-state index is 13.2. The van der Waals surface area contributed by atoms with Crippen LogP contribution in [0, 0.1) is 17.1 Å². The Morgan fingerprint density at radius 3 is 2.68 bits per heavy atom. The van der Waals surface area contributed by atoms with E-state index in [4.69, 9.17) is 16.9 Å². The van der Waals surface area contributed by atoms with Crippen LogP contribution in [0.1, 0.15) is 12.5 Å². The van der Waals surface area contributed by atoms with E-state index >= 15 is 0 Å². The Hall–Kier alpha value is -1.15. The van der Waals surface area contributed by atoms with E-state index in [1.165, 1.54) is 12.1 Å². The smallest absolute Gasteiger partial charge is 0.123 e. The monoisotopic (exact) mass is 281 g/mol. The minimum atomic E-state index is -0.254. The Kier molecular flexibility index (Phi) is 4.76. The van der Waals surface area contributed by atoms with E-state index in [0.717, 1.165) is 31.7 Å². The first kappa shape index (κ1) is 14.3. The molecule has 0 N–H and O–H groups in total. The summed E-state index contributed by atoms with van der Waals surface area (Å²) in [5.41, 5.74) is 0.823. The number of hydrogen-bond donors (Lipinski definition) is 0. The van der Waals surface area contributed by atoms with Gasteiger partial charge in [0, 0.05) is 37.7 Å². The molecule has 102 valence electrons. The molecule has 1 aliphatic heterocycles. The molecule has 19 heavy (non-hydrogen) atoms. The van der Waals surface area contributed by atoms with E-state index in [-0.39, 0.29) is 11.9 Å². The second-order valence-electron chi connectivity index (χ2n) is 4.85. The van der Waals surface area contributed by atoms with Crippen molar-refractivity contribution in [3.05, 3.63) is 34.6 Å². The Morgan fingerprint density at radius 1 is 1.37 bits per heavy atom. The summed E-state index contributed by atoms with van der Waals surface area (Å²) in [7, 11) is 0. The van der Waals surface area contributed by atoms with Crippen LogP contribution in [0.2, 0.25) is 5.02 Å². The zero-order valence-corrected chi connectivity index (χ0v) is 11.7. The van der Waals surface area contributed by atoms with Crippen LogP contribution >= 0.6 is 11.6 Å². The Morgan fingerprint density at radius 2 is 2.05 bits per heavy atom. The first-order valence-corrected chi connectivity index (χ1v) is 6.78. The lowest BCUT2D eigenvalue weighted by Crippen LogP contribution is -2.48. The van der Waals surface area contributed by atoms with Gasteiger partial charge in [0.2, 0.25) is 0 Å². The van der Waals surface area contributed by atoms with Gasteiger partial charge in [0.1, 0.15) is 5.82 Å². The van der Waals surface area contributed by atoms with E-state index in [0.29, 0.717) is 11.6 Å². The molecule has 0 spiro atoms. The second-order valence-corrected chi connectivity index (χ2v) is 5.26. The summed E-state index contributed by atoms with van der Waals surface area (Å²) in [6.07, 6.45) is 0. The summed E-state index contributed by atoms with van der Waals surface area (Å²) in [4.78, 5) is 4.39. The van der Waals surface area contributed by atoms with E-state index < -0.39 is 0 Å². The topological polar surface area (TPSA) is 30.3 Å². The molecule has 0 aromatic heterocycles. The largest absolute Gasteiger partial charge is 0.296 e. The van der Waals surface area contributed by atoms with E-state index in [9.17, 15) is 4.39 Å². The fraction of sp³-hybridized carbons (Fsp3) is 0.500. The third-order valence-corrected chi connectivity index (χ3v) is 3.91. The fourth-order valence-electron chi connectivity index (χ4n) is 2.30. The van der Waals surface area contributed by atoms with Gasteiger partial charge < -0.3 is 0 Å². The standard InChI is InChI=1S/C14H17ClFN3/c1-11(9-17)19-6-4-18(5-7-19)10-12-8-13(16)2-3-14(12)15/h2-3,8,11H,4-7,10H2,1H3. The van der Waals surface area contributed by atoms with Crippen LogP contribution in [-0.2, 0) is 6.54 Å². The third kappa shape index (κ3) is 3.66. The van der Waals surface area contributed by atoms with Crippen molar-refractivity contribution < 1.29 is 4.39 Å². The molecule has 1 aliphatic rings. The molecule has 3 nitrogen and oxygen atoms in total. The summed E-state index contributed by atoms with van der Waals surface area (Å²) < 4.78 is 13.2. The Labute approximate surface area is 118 Å². The van der Waals surface area contributed by atoms with Crippen LogP contribution in [0.5, 0.6) is 0 Å². The van der Waals surface area contributed by atoms with Crippen molar-refractivity contribution in [1.82, 2.24) is 9.80 Å². The number of hydrogen-bond acceptors (Lipinski definition) is 3. The summed E-state index contributed by atoms with van der Waals surface area (Å²) in [5, 5.41) is 9.50. The maximum Gasteiger partial charge on any atom is 0.123 e. The van der Waals surface area contributed by atoms with Crippen LogP contribution in [0.3, 0.4) is 0 Å². The summed E-state index contributed by atoms with van der Waals surface area (Å²) >= 11 is 6.07. The number of halogens is 2. The van der Waals surface area contributed by atoms with E-state index in [1.54, 1.807) is 6.07 Å². The molecule has 1 unspecified atom stereocenters. The van der Waals surface area contributed by atoms with Gasteiger partial charge in [-0.1, -0.05) is 11.6 Å². The van der Waals surface area contributed by atoms with Crippen LogP contribution < -0.4 is 0 Å². The quantitative estimate of drug-likeness (QED) is 0.853. The summed E-state index contributed by atoms with van der Waals surface area (Å²) in [6.45, 7) is 6.05. The zero-order valence-electron chi connectivity index (χ0n) is 10.9. The van der Waals surface area contributed by atoms with Crippen LogP contribution in [-0.4, -0.2) is 42.0 Å². The molecule has 1 saturated heterocycles. The molecule has 1 aromatic carbocycles. The van der Waals surface area contributed by atoms with Gasteiger partial charge in [0.05, 0.1) is 12.1 Å². The number of benzene rings is 1. The highest BCUT2D eigenvalue weighted by atomic mass is 35.5. The van der Waals surface area contributed by atoms with Crippen molar-refractivity contribution in [3.8, 4) is 6.07 Å². The Balaban J connectivity index is 1.92. The van der Waals surface area contributed by atoms with Gasteiger partial charge in [-0.05, 0) is 30.7 Å². The highest BCUT2D eigenvalue weighted by molar-refractivity contribution is 6.31. The van der Waals surface area contributed by atoms with Crippen molar-refractivity contribution in [2.24, 2.45) is 0 Å². The molecule has 1 atom stereocenters. The molecule has 1 fully saturated rings. The van der Waals surface area contributed by atoms with Crippen molar-refractivity contribution in [2.75, 3.05) is 26.2 Å². The highest BCUT2D eigenvalue weighted by Crippen LogP contribution is 2.19. The van der Waals surface area contributed by atoms with Crippen LogP contribution in [0.15, 0.2) is 18.2 Å². The SMILES string of the molecule is CC(C#N)N1CCN(Cc2cc(F)ccc2Cl)CC1. The van der Waals surface area contributed by atoms with E-state index in [2.05, 4.69) is 15.9 Å². The van der Waals surface area contributed by atoms with Gasteiger partial charge in [0.25, 0.3) is 0 Å². The normalized spacial score (nSPS) is 19.1.